The summed E-state index contributed by atoms with van der Waals surface area (Å²) in [5, 5.41) is 13.1. The highest BCUT2D eigenvalue weighted by Gasteiger charge is 2.59. The van der Waals surface area contributed by atoms with Gasteiger partial charge < -0.3 is 14.5 Å². The molecule has 1 amide bonds. The van der Waals surface area contributed by atoms with Crippen LogP contribution in [0.1, 0.15) is 37.1 Å². The molecule has 4 rings (SSSR count). The molecular weight excluding hydrogens is 365 g/mol. The van der Waals surface area contributed by atoms with E-state index in [0.717, 1.165) is 19.3 Å². The normalized spacial score (nSPS) is 20.4. The van der Waals surface area contributed by atoms with Gasteiger partial charge in [0.05, 0.1) is 5.92 Å². The molecule has 2 heterocycles. The van der Waals surface area contributed by atoms with Crippen molar-refractivity contribution in [2.45, 2.75) is 39.0 Å². The number of carboxylic acid groups (broad SMARTS) is 1. The molecule has 1 N–H and O–H groups in total. The van der Waals surface area contributed by atoms with Crippen LogP contribution in [0.2, 0.25) is 0 Å². The maximum atomic E-state index is 13.4. The van der Waals surface area contributed by atoms with Gasteiger partial charge in [-0.15, -0.1) is 0 Å². The third-order valence-corrected chi connectivity index (χ3v) is 6.04. The topological polar surface area (TPSA) is 96.5 Å². The van der Waals surface area contributed by atoms with Crippen molar-refractivity contribution in [2.24, 2.45) is 11.3 Å². The number of aromatic nitrogens is 2. The lowest BCUT2D eigenvalue weighted by atomic mass is 9.90. The minimum Gasteiger partial charge on any atom is -0.481 e. The number of likely N-dealkylation sites (tertiary alicyclic amines) is 1. The van der Waals surface area contributed by atoms with Gasteiger partial charge in [0, 0.05) is 31.5 Å². The fourth-order valence-corrected chi connectivity index (χ4v) is 4.08. The molecule has 8 heteroatoms. The highest BCUT2D eigenvalue weighted by Crippen LogP contribution is 2.59. The number of piperidine rings is 1. The lowest BCUT2D eigenvalue weighted by molar-refractivity contribution is -0.139. The summed E-state index contributed by atoms with van der Waals surface area (Å²) in [4.78, 5) is 29.7. The first-order chi connectivity index (χ1) is 13.4. The fraction of sp³-hybridized carbons (Fsp3) is 0.500. The number of carboxylic acids is 1. The highest BCUT2D eigenvalue weighted by atomic mass is 19.1. The van der Waals surface area contributed by atoms with Crippen LogP contribution in [0.5, 0.6) is 0 Å². The average Bonchev–Trinajstić information content (AvgIpc) is 3.17. The predicted molar refractivity (Wildman–Crippen MR) is 96.7 cm³/mol. The van der Waals surface area contributed by atoms with Gasteiger partial charge in [0.2, 0.25) is 17.6 Å². The Morgan fingerprint density at radius 3 is 2.75 bits per heavy atom. The quantitative estimate of drug-likeness (QED) is 0.847. The molecule has 2 fully saturated rings. The molecule has 148 valence electrons. The van der Waals surface area contributed by atoms with Crippen LogP contribution in [-0.2, 0) is 16.0 Å². The summed E-state index contributed by atoms with van der Waals surface area (Å²) in [7, 11) is 0. The molecule has 1 spiro atoms. The third kappa shape index (κ3) is 3.50. The van der Waals surface area contributed by atoms with Crippen molar-refractivity contribution in [3.63, 3.8) is 0 Å². The van der Waals surface area contributed by atoms with E-state index < -0.39 is 5.97 Å². The fourth-order valence-electron chi connectivity index (χ4n) is 4.08. The second-order valence-electron chi connectivity index (χ2n) is 7.81. The predicted octanol–water partition coefficient (Wildman–Crippen LogP) is 2.83. The van der Waals surface area contributed by atoms with E-state index in [1.54, 1.807) is 24.0 Å². The molecule has 1 aromatic carbocycles. The van der Waals surface area contributed by atoms with Crippen molar-refractivity contribution < 1.29 is 23.6 Å². The number of benzene rings is 1. The number of hydrogen-bond acceptors (Lipinski definition) is 5. The minimum absolute atomic E-state index is 0.0137. The average molecular weight is 387 g/mol. The zero-order valence-corrected chi connectivity index (χ0v) is 15.7. The number of carbonyl (C=O) groups excluding carboxylic acids is 1. The summed E-state index contributed by atoms with van der Waals surface area (Å²) in [6.45, 7) is 2.88. The van der Waals surface area contributed by atoms with Gasteiger partial charge in [0.25, 0.3) is 0 Å². The molecule has 1 aromatic heterocycles. The van der Waals surface area contributed by atoms with Gasteiger partial charge >= 0.3 is 5.97 Å². The number of halogens is 1. The van der Waals surface area contributed by atoms with Gasteiger partial charge in [0.15, 0.2) is 0 Å². The summed E-state index contributed by atoms with van der Waals surface area (Å²) in [5.74, 6) is -0.493. The summed E-state index contributed by atoms with van der Waals surface area (Å²) >= 11 is 0. The molecule has 0 bridgehead atoms. The third-order valence-electron chi connectivity index (χ3n) is 6.04. The van der Waals surface area contributed by atoms with E-state index in [-0.39, 0.29) is 29.5 Å². The van der Waals surface area contributed by atoms with Crippen LogP contribution in [0.25, 0.3) is 11.4 Å². The van der Waals surface area contributed by atoms with Gasteiger partial charge in [-0.25, -0.2) is 4.39 Å². The minimum atomic E-state index is -0.719. The van der Waals surface area contributed by atoms with E-state index in [0.29, 0.717) is 42.4 Å². The van der Waals surface area contributed by atoms with Crippen molar-refractivity contribution in [3.8, 4) is 11.4 Å². The van der Waals surface area contributed by atoms with Gasteiger partial charge in [-0.3, -0.25) is 9.59 Å². The van der Waals surface area contributed by atoms with Crippen molar-refractivity contribution in [1.29, 1.82) is 0 Å². The number of rotatable bonds is 5. The molecule has 1 saturated heterocycles. The summed E-state index contributed by atoms with van der Waals surface area (Å²) < 4.78 is 18.6. The first-order valence-corrected chi connectivity index (χ1v) is 9.48. The maximum Gasteiger partial charge on any atom is 0.307 e. The Morgan fingerprint density at radius 1 is 1.36 bits per heavy atom. The number of hydrogen-bond donors (Lipinski definition) is 1. The Balaban J connectivity index is 1.29. The lowest BCUT2D eigenvalue weighted by Gasteiger charge is -2.32. The van der Waals surface area contributed by atoms with E-state index in [9.17, 15) is 14.0 Å². The number of nitrogens with zero attached hydrogens (tertiary/aromatic N) is 3. The zero-order chi connectivity index (χ0) is 19.9. The summed E-state index contributed by atoms with van der Waals surface area (Å²) in [5.41, 5.74) is 1.08. The smallest absolute Gasteiger partial charge is 0.307 e. The molecule has 0 radical (unpaired) electrons. The van der Waals surface area contributed by atoms with Gasteiger partial charge in [0.1, 0.15) is 5.82 Å². The molecule has 1 saturated carbocycles. The van der Waals surface area contributed by atoms with Gasteiger partial charge in [-0.2, -0.15) is 4.98 Å². The van der Waals surface area contributed by atoms with Crippen LogP contribution in [0.15, 0.2) is 22.7 Å². The van der Waals surface area contributed by atoms with E-state index in [1.165, 1.54) is 6.07 Å². The van der Waals surface area contributed by atoms with Crippen molar-refractivity contribution in [3.05, 3.63) is 35.5 Å². The monoisotopic (exact) mass is 387 g/mol. The van der Waals surface area contributed by atoms with Gasteiger partial charge in [-0.1, -0.05) is 5.16 Å². The Bertz CT molecular complexity index is 918. The first kappa shape index (κ1) is 18.6. The Labute approximate surface area is 161 Å². The second-order valence-corrected chi connectivity index (χ2v) is 7.81. The lowest BCUT2D eigenvalue weighted by Crippen LogP contribution is -2.40. The van der Waals surface area contributed by atoms with Crippen molar-refractivity contribution >= 4 is 11.9 Å². The summed E-state index contributed by atoms with van der Waals surface area (Å²) in [6.07, 6.45) is 2.84. The maximum absolute atomic E-state index is 13.4. The second kappa shape index (κ2) is 7.00. The molecule has 28 heavy (non-hydrogen) atoms. The van der Waals surface area contributed by atoms with E-state index in [1.807, 2.05) is 0 Å². The van der Waals surface area contributed by atoms with Crippen LogP contribution in [0, 0.1) is 24.1 Å². The van der Waals surface area contributed by atoms with Crippen LogP contribution in [0.3, 0.4) is 0 Å². The number of aliphatic carboxylic acids is 1. The molecule has 1 unspecified atom stereocenters. The Kier molecular flexibility index (Phi) is 4.64. The Morgan fingerprint density at radius 2 is 2.11 bits per heavy atom. The largest absolute Gasteiger partial charge is 0.481 e. The molecule has 1 aliphatic carbocycles. The number of aryl methyl sites for hydroxylation is 2. The Hall–Kier alpha value is -2.77. The zero-order valence-electron chi connectivity index (χ0n) is 15.7. The molecular formula is C20H22FN3O4. The summed E-state index contributed by atoms with van der Waals surface area (Å²) in [6, 6.07) is 4.61. The van der Waals surface area contributed by atoms with E-state index in [2.05, 4.69) is 10.1 Å². The number of carbonyl (C=O) groups is 2. The molecule has 2 aliphatic rings. The molecule has 1 aliphatic heterocycles. The van der Waals surface area contributed by atoms with Crippen LogP contribution in [0.4, 0.5) is 4.39 Å². The SMILES string of the molecule is Cc1cc(-c2noc(CCC(=O)N3CCC4(CC3)CC4C(=O)O)n2)ccc1F. The molecule has 1 atom stereocenters. The van der Waals surface area contributed by atoms with E-state index >= 15 is 0 Å². The van der Waals surface area contributed by atoms with Crippen molar-refractivity contribution in [2.75, 3.05) is 13.1 Å². The first-order valence-electron chi connectivity index (χ1n) is 9.48. The van der Waals surface area contributed by atoms with Crippen LogP contribution < -0.4 is 0 Å². The molecule has 7 nitrogen and oxygen atoms in total. The highest BCUT2D eigenvalue weighted by molar-refractivity contribution is 5.77. The van der Waals surface area contributed by atoms with Crippen LogP contribution in [-0.4, -0.2) is 45.1 Å². The molecule has 2 aromatic rings. The van der Waals surface area contributed by atoms with Gasteiger partial charge in [-0.05, 0) is 55.4 Å². The standard InChI is InChI=1S/C20H22FN3O4/c1-12-10-13(2-3-15(12)21)18-22-16(28-23-18)4-5-17(25)24-8-6-20(7-9-24)11-14(20)19(26)27/h2-3,10,14H,4-9,11H2,1H3,(H,26,27). The van der Waals surface area contributed by atoms with Crippen LogP contribution >= 0.6 is 0 Å². The van der Waals surface area contributed by atoms with E-state index in [4.69, 9.17) is 9.63 Å². The number of amides is 1. The van der Waals surface area contributed by atoms with Crippen molar-refractivity contribution in [1.82, 2.24) is 15.0 Å².